The van der Waals surface area contributed by atoms with Gasteiger partial charge in [0.25, 0.3) is 0 Å². The fourth-order valence-electron chi connectivity index (χ4n) is 1.58. The van der Waals surface area contributed by atoms with Gasteiger partial charge < -0.3 is 4.74 Å². The fraction of sp³-hybridized carbons (Fsp3) is 0.727. The van der Waals surface area contributed by atoms with Gasteiger partial charge >= 0.3 is 5.97 Å². The highest BCUT2D eigenvalue weighted by molar-refractivity contribution is 7.91. The van der Waals surface area contributed by atoms with E-state index >= 15 is 0 Å². The Morgan fingerprint density at radius 1 is 1.40 bits per heavy atom. The van der Waals surface area contributed by atoms with E-state index in [0.29, 0.717) is 18.7 Å². The van der Waals surface area contributed by atoms with Gasteiger partial charge in [-0.25, -0.2) is 17.9 Å². The summed E-state index contributed by atoms with van der Waals surface area (Å²) in [4.78, 5) is 11.6. The summed E-state index contributed by atoms with van der Waals surface area (Å²) in [6.45, 7) is 3.88. The predicted octanol–water partition coefficient (Wildman–Crippen LogP) is 1.02. The summed E-state index contributed by atoms with van der Waals surface area (Å²) in [7, 11) is -3.01. The van der Waals surface area contributed by atoms with E-state index in [1.54, 1.807) is 13.8 Å². The average Bonchev–Trinajstić information content (AvgIpc) is 2.82. The van der Waals surface area contributed by atoms with Crippen LogP contribution in [0.1, 0.15) is 36.5 Å². The van der Waals surface area contributed by atoms with Crippen molar-refractivity contribution in [3.63, 3.8) is 0 Å². The molecule has 0 aromatic carbocycles. The molecule has 0 saturated heterocycles. The minimum atomic E-state index is -3.01. The molecule has 0 unspecified atom stereocenters. The molecule has 0 spiro atoms. The maximum Gasteiger partial charge on any atom is 0.360 e. The van der Waals surface area contributed by atoms with Crippen LogP contribution in [0.25, 0.3) is 0 Å². The Labute approximate surface area is 123 Å². The van der Waals surface area contributed by atoms with Crippen LogP contribution in [0.5, 0.6) is 0 Å². The number of aromatic nitrogens is 3. The fourth-order valence-corrected chi connectivity index (χ4v) is 2.70. The number of carbonyl (C=O) groups excluding carboxylic acids is 1. The Hall–Kier alpha value is -1.15. The van der Waals surface area contributed by atoms with E-state index in [1.165, 1.54) is 4.68 Å². The first-order chi connectivity index (χ1) is 9.45. The summed E-state index contributed by atoms with van der Waals surface area (Å²) in [6.07, 6.45) is 0.395. The molecular formula is C11H18ClN3O4S. The predicted molar refractivity (Wildman–Crippen MR) is 74.5 cm³/mol. The van der Waals surface area contributed by atoms with Crippen molar-refractivity contribution in [2.24, 2.45) is 0 Å². The SMILES string of the molecule is CCOC(=O)c1nnn(CCCS(=O)(=O)CC)c1CCl. The third-order valence-electron chi connectivity index (χ3n) is 2.70. The zero-order chi connectivity index (χ0) is 15.2. The first kappa shape index (κ1) is 16.9. The maximum absolute atomic E-state index is 11.6. The topological polar surface area (TPSA) is 91.2 Å². The second-order valence-corrected chi connectivity index (χ2v) is 6.79. The van der Waals surface area contributed by atoms with Gasteiger partial charge in [0.2, 0.25) is 0 Å². The van der Waals surface area contributed by atoms with Gasteiger partial charge in [-0.1, -0.05) is 12.1 Å². The number of hydrogen-bond acceptors (Lipinski definition) is 6. The van der Waals surface area contributed by atoms with Crippen LogP contribution < -0.4 is 0 Å². The summed E-state index contributed by atoms with van der Waals surface area (Å²) in [6, 6.07) is 0. The molecule has 0 saturated carbocycles. The molecule has 9 heteroatoms. The number of halogens is 1. The number of alkyl halides is 1. The lowest BCUT2D eigenvalue weighted by Gasteiger charge is -2.05. The van der Waals surface area contributed by atoms with Crippen molar-refractivity contribution in [3.8, 4) is 0 Å². The summed E-state index contributed by atoms with van der Waals surface area (Å²) in [5, 5.41) is 7.57. The molecule has 0 aliphatic heterocycles. The van der Waals surface area contributed by atoms with Crippen LogP contribution in [0.15, 0.2) is 0 Å². The molecule has 0 aliphatic carbocycles. The van der Waals surface area contributed by atoms with E-state index in [2.05, 4.69) is 10.3 Å². The van der Waals surface area contributed by atoms with Gasteiger partial charge in [-0.05, 0) is 13.3 Å². The molecule has 0 aliphatic rings. The summed E-state index contributed by atoms with van der Waals surface area (Å²) in [5.41, 5.74) is 0.527. The van der Waals surface area contributed by atoms with E-state index in [4.69, 9.17) is 16.3 Å². The zero-order valence-electron chi connectivity index (χ0n) is 11.5. The van der Waals surface area contributed by atoms with E-state index in [1.807, 2.05) is 0 Å². The van der Waals surface area contributed by atoms with Crippen molar-refractivity contribution in [1.29, 1.82) is 0 Å². The van der Waals surface area contributed by atoms with Crippen LogP contribution in [0.2, 0.25) is 0 Å². The van der Waals surface area contributed by atoms with Crippen LogP contribution in [-0.4, -0.2) is 47.5 Å². The highest BCUT2D eigenvalue weighted by Crippen LogP contribution is 2.11. The molecule has 0 fully saturated rings. The quantitative estimate of drug-likeness (QED) is 0.524. The van der Waals surface area contributed by atoms with E-state index in [-0.39, 0.29) is 29.7 Å². The lowest BCUT2D eigenvalue weighted by Crippen LogP contribution is -2.14. The van der Waals surface area contributed by atoms with E-state index < -0.39 is 15.8 Å². The normalized spacial score (nSPS) is 11.6. The van der Waals surface area contributed by atoms with Crippen molar-refractivity contribution in [3.05, 3.63) is 11.4 Å². The van der Waals surface area contributed by atoms with Crippen molar-refractivity contribution in [2.45, 2.75) is 32.7 Å². The second kappa shape index (κ2) is 7.58. The van der Waals surface area contributed by atoms with Crippen LogP contribution in [0.3, 0.4) is 0 Å². The molecule has 0 N–H and O–H groups in total. The maximum atomic E-state index is 11.6. The van der Waals surface area contributed by atoms with Gasteiger partial charge in [-0.2, -0.15) is 0 Å². The number of esters is 1. The Morgan fingerprint density at radius 2 is 2.10 bits per heavy atom. The first-order valence-electron chi connectivity index (χ1n) is 6.31. The van der Waals surface area contributed by atoms with Gasteiger partial charge in [-0.15, -0.1) is 16.7 Å². The molecule has 0 bridgehead atoms. The highest BCUT2D eigenvalue weighted by Gasteiger charge is 2.20. The Morgan fingerprint density at radius 3 is 2.65 bits per heavy atom. The molecule has 7 nitrogen and oxygen atoms in total. The number of nitrogens with zero attached hydrogens (tertiary/aromatic N) is 3. The molecular weight excluding hydrogens is 306 g/mol. The highest BCUT2D eigenvalue weighted by atomic mass is 35.5. The monoisotopic (exact) mass is 323 g/mol. The molecule has 20 heavy (non-hydrogen) atoms. The number of carbonyl (C=O) groups is 1. The third-order valence-corrected chi connectivity index (χ3v) is 4.74. The van der Waals surface area contributed by atoms with Crippen LogP contribution in [0, 0.1) is 0 Å². The first-order valence-corrected chi connectivity index (χ1v) is 8.66. The molecule has 1 rings (SSSR count). The molecule has 0 radical (unpaired) electrons. The van der Waals surface area contributed by atoms with Crippen molar-refractivity contribution in [2.75, 3.05) is 18.1 Å². The van der Waals surface area contributed by atoms with Crippen LogP contribution in [0.4, 0.5) is 0 Å². The molecule has 1 aromatic rings. The number of ether oxygens (including phenoxy) is 1. The lowest BCUT2D eigenvalue weighted by molar-refractivity contribution is 0.0518. The average molecular weight is 324 g/mol. The number of rotatable bonds is 8. The minimum Gasteiger partial charge on any atom is -0.461 e. The molecule has 0 atom stereocenters. The smallest absolute Gasteiger partial charge is 0.360 e. The lowest BCUT2D eigenvalue weighted by atomic mass is 10.3. The number of sulfone groups is 1. The van der Waals surface area contributed by atoms with Gasteiger partial charge in [-0.3, -0.25) is 0 Å². The summed E-state index contributed by atoms with van der Waals surface area (Å²) < 4.78 is 29.1. The van der Waals surface area contributed by atoms with E-state index in [0.717, 1.165) is 0 Å². The standard InChI is InChI=1S/C11H18ClN3O4S/c1-3-19-11(16)10-9(8-12)15(14-13-10)6-5-7-20(17,18)4-2/h3-8H2,1-2H3. The van der Waals surface area contributed by atoms with Gasteiger partial charge in [0, 0.05) is 12.3 Å². The van der Waals surface area contributed by atoms with Crippen molar-refractivity contribution in [1.82, 2.24) is 15.0 Å². The molecule has 1 aromatic heterocycles. The number of hydrogen-bond donors (Lipinski definition) is 0. The number of aryl methyl sites for hydroxylation is 1. The molecule has 114 valence electrons. The second-order valence-electron chi connectivity index (χ2n) is 4.05. The third kappa shape index (κ3) is 4.45. The van der Waals surface area contributed by atoms with Gasteiger partial charge in [0.1, 0.15) is 9.84 Å². The Kier molecular flexibility index (Phi) is 6.41. The minimum absolute atomic E-state index is 0.0572. The zero-order valence-corrected chi connectivity index (χ0v) is 13.1. The van der Waals surface area contributed by atoms with Crippen LogP contribution >= 0.6 is 11.6 Å². The summed E-state index contributed by atoms with van der Waals surface area (Å²) >= 11 is 5.79. The Bertz CT molecular complexity index is 556. The summed E-state index contributed by atoms with van der Waals surface area (Å²) in [5.74, 6) is -0.335. The van der Waals surface area contributed by atoms with Crippen molar-refractivity contribution >= 4 is 27.4 Å². The van der Waals surface area contributed by atoms with E-state index in [9.17, 15) is 13.2 Å². The van der Waals surface area contributed by atoms with Gasteiger partial charge in [0.15, 0.2) is 5.69 Å². The largest absolute Gasteiger partial charge is 0.461 e. The molecule has 0 amide bonds. The van der Waals surface area contributed by atoms with Crippen molar-refractivity contribution < 1.29 is 17.9 Å². The van der Waals surface area contributed by atoms with Crippen LogP contribution in [-0.2, 0) is 27.0 Å². The Balaban J connectivity index is 2.74. The molecule has 1 heterocycles. The van der Waals surface area contributed by atoms with Gasteiger partial charge in [0.05, 0.1) is 23.9 Å².